The molecule has 1 unspecified atom stereocenters. The molecule has 0 aliphatic carbocycles. The average molecular weight is 296 g/mol. The lowest BCUT2D eigenvalue weighted by atomic mass is 9.83. The number of aliphatic hydroxyl groups is 1. The Kier molecular flexibility index (Phi) is 5.45. The molecular weight excluding hydrogens is 272 g/mol. The van der Waals surface area contributed by atoms with Gasteiger partial charge >= 0.3 is 0 Å². The van der Waals surface area contributed by atoms with E-state index in [1.165, 1.54) is 0 Å². The number of benzene rings is 1. The second kappa shape index (κ2) is 7.11. The van der Waals surface area contributed by atoms with Gasteiger partial charge < -0.3 is 24.1 Å². The van der Waals surface area contributed by atoms with Crippen LogP contribution in [0.2, 0.25) is 0 Å². The fourth-order valence-corrected chi connectivity index (χ4v) is 2.83. The van der Waals surface area contributed by atoms with Crippen LogP contribution in [0.1, 0.15) is 31.4 Å². The van der Waals surface area contributed by atoms with Gasteiger partial charge in [0.2, 0.25) is 0 Å². The van der Waals surface area contributed by atoms with Gasteiger partial charge in [0.15, 0.2) is 0 Å². The van der Waals surface area contributed by atoms with Crippen LogP contribution in [0.3, 0.4) is 0 Å². The van der Waals surface area contributed by atoms with Gasteiger partial charge in [-0.05, 0) is 19.1 Å². The molecule has 0 saturated carbocycles. The zero-order valence-corrected chi connectivity index (χ0v) is 12.9. The van der Waals surface area contributed by atoms with Crippen LogP contribution in [0.5, 0.6) is 11.5 Å². The third-order valence-corrected chi connectivity index (χ3v) is 4.00. The Morgan fingerprint density at radius 3 is 2.52 bits per heavy atom. The molecule has 1 aliphatic heterocycles. The molecule has 0 amide bonds. The van der Waals surface area contributed by atoms with Gasteiger partial charge in [0.1, 0.15) is 23.2 Å². The van der Waals surface area contributed by atoms with Crippen LogP contribution in [-0.2, 0) is 9.47 Å². The Bertz CT molecular complexity index is 448. The Hall–Kier alpha value is -1.30. The minimum absolute atomic E-state index is 0.551. The Labute approximate surface area is 125 Å². The lowest BCUT2D eigenvalue weighted by Gasteiger charge is -2.41. The van der Waals surface area contributed by atoms with Crippen molar-refractivity contribution in [2.45, 2.75) is 31.5 Å². The molecular formula is C16H24O5. The summed E-state index contributed by atoms with van der Waals surface area (Å²) in [6.07, 6.45) is 0.566. The highest BCUT2D eigenvalue weighted by molar-refractivity contribution is 5.43. The first-order valence-electron chi connectivity index (χ1n) is 7.28. The molecule has 1 N–H and O–H groups in total. The molecule has 5 nitrogen and oxygen atoms in total. The van der Waals surface area contributed by atoms with Crippen LogP contribution in [-0.4, -0.2) is 44.7 Å². The third kappa shape index (κ3) is 3.31. The molecule has 1 aromatic rings. The highest BCUT2D eigenvalue weighted by Crippen LogP contribution is 2.41. The minimum Gasteiger partial charge on any atom is -0.497 e. The van der Waals surface area contributed by atoms with Crippen molar-refractivity contribution in [2.24, 2.45) is 0 Å². The normalized spacial score (nSPS) is 19.0. The molecule has 1 fully saturated rings. The van der Waals surface area contributed by atoms with Crippen molar-refractivity contribution in [3.05, 3.63) is 23.8 Å². The van der Waals surface area contributed by atoms with E-state index in [4.69, 9.17) is 18.9 Å². The van der Waals surface area contributed by atoms with E-state index >= 15 is 0 Å². The number of ether oxygens (including phenoxy) is 4. The summed E-state index contributed by atoms with van der Waals surface area (Å²) in [5.41, 5.74) is 0.100. The van der Waals surface area contributed by atoms with Crippen molar-refractivity contribution in [3.63, 3.8) is 0 Å². The Balaban J connectivity index is 2.33. The zero-order valence-electron chi connectivity index (χ0n) is 12.9. The summed E-state index contributed by atoms with van der Waals surface area (Å²) >= 11 is 0. The van der Waals surface area contributed by atoms with Gasteiger partial charge in [0.25, 0.3) is 0 Å². The van der Waals surface area contributed by atoms with Gasteiger partial charge in [-0.2, -0.15) is 0 Å². The van der Waals surface area contributed by atoms with Crippen molar-refractivity contribution in [3.8, 4) is 11.5 Å². The molecule has 0 bridgehead atoms. The van der Waals surface area contributed by atoms with Crippen molar-refractivity contribution in [1.29, 1.82) is 0 Å². The molecule has 0 spiro atoms. The molecule has 1 heterocycles. The summed E-state index contributed by atoms with van der Waals surface area (Å²) < 4.78 is 21.9. The monoisotopic (exact) mass is 296 g/mol. The van der Waals surface area contributed by atoms with Crippen molar-refractivity contribution in [2.75, 3.05) is 34.0 Å². The molecule has 0 radical (unpaired) electrons. The summed E-state index contributed by atoms with van der Waals surface area (Å²) in [5.74, 6) is 1.30. The fraction of sp³-hybridized carbons (Fsp3) is 0.625. The topological polar surface area (TPSA) is 57.2 Å². The summed E-state index contributed by atoms with van der Waals surface area (Å²) in [6, 6.07) is 5.43. The molecule has 2 rings (SSSR count). The lowest BCUT2D eigenvalue weighted by Crippen LogP contribution is -2.44. The average Bonchev–Trinajstić information content (AvgIpc) is 2.54. The van der Waals surface area contributed by atoms with Crippen LogP contribution in [0.25, 0.3) is 0 Å². The summed E-state index contributed by atoms with van der Waals surface area (Å²) in [7, 11) is 3.19. The van der Waals surface area contributed by atoms with Crippen molar-refractivity contribution >= 4 is 0 Å². The first-order valence-corrected chi connectivity index (χ1v) is 7.28. The highest BCUT2D eigenvalue weighted by atomic mass is 16.5. The van der Waals surface area contributed by atoms with E-state index in [1.807, 2.05) is 19.1 Å². The first-order chi connectivity index (χ1) is 10.2. The maximum atomic E-state index is 10.9. The smallest absolute Gasteiger partial charge is 0.128 e. The number of methoxy groups -OCH3 is 2. The SMILES string of the molecule is CCOC1(C(O)c2ccc(OC)cc2OC)CCOCC1. The second-order valence-electron chi connectivity index (χ2n) is 5.12. The maximum absolute atomic E-state index is 10.9. The van der Waals surface area contributed by atoms with Gasteiger partial charge in [-0.3, -0.25) is 0 Å². The number of hydrogen-bond acceptors (Lipinski definition) is 5. The van der Waals surface area contributed by atoms with Crippen molar-refractivity contribution in [1.82, 2.24) is 0 Å². The summed E-state index contributed by atoms with van der Waals surface area (Å²) in [5, 5.41) is 10.9. The van der Waals surface area contributed by atoms with Gasteiger partial charge in [0, 0.05) is 44.3 Å². The van der Waals surface area contributed by atoms with Crippen molar-refractivity contribution < 1.29 is 24.1 Å². The quantitative estimate of drug-likeness (QED) is 0.873. The number of rotatable bonds is 6. The van der Waals surface area contributed by atoms with Gasteiger partial charge in [-0.15, -0.1) is 0 Å². The van der Waals surface area contributed by atoms with E-state index in [9.17, 15) is 5.11 Å². The van der Waals surface area contributed by atoms with E-state index in [1.54, 1.807) is 20.3 Å². The van der Waals surface area contributed by atoms with Gasteiger partial charge in [-0.1, -0.05) is 0 Å². The molecule has 5 heteroatoms. The Morgan fingerprint density at radius 2 is 1.95 bits per heavy atom. The number of hydrogen-bond donors (Lipinski definition) is 1. The third-order valence-electron chi connectivity index (χ3n) is 4.00. The molecule has 1 saturated heterocycles. The van der Waals surface area contributed by atoms with Gasteiger partial charge in [0.05, 0.1) is 14.2 Å². The summed E-state index contributed by atoms with van der Waals surface area (Å²) in [4.78, 5) is 0. The zero-order chi connectivity index (χ0) is 15.3. The highest BCUT2D eigenvalue weighted by Gasteiger charge is 2.42. The fourth-order valence-electron chi connectivity index (χ4n) is 2.83. The van der Waals surface area contributed by atoms with Gasteiger partial charge in [-0.25, -0.2) is 0 Å². The molecule has 0 aromatic heterocycles. The molecule has 118 valence electrons. The number of aliphatic hydroxyl groups excluding tert-OH is 1. The van der Waals surface area contributed by atoms with Crippen LogP contribution in [0.4, 0.5) is 0 Å². The lowest BCUT2D eigenvalue weighted by molar-refractivity contribution is -0.168. The van der Waals surface area contributed by atoms with E-state index < -0.39 is 11.7 Å². The predicted octanol–water partition coefficient (Wildman–Crippen LogP) is 2.32. The summed E-state index contributed by atoms with van der Waals surface area (Å²) in [6.45, 7) is 3.68. The van der Waals surface area contributed by atoms with Crippen LogP contribution in [0, 0.1) is 0 Å². The minimum atomic E-state index is -0.762. The first kappa shape index (κ1) is 16.1. The molecule has 1 atom stereocenters. The van der Waals surface area contributed by atoms with E-state index in [0.717, 1.165) is 0 Å². The predicted molar refractivity (Wildman–Crippen MR) is 78.9 cm³/mol. The molecule has 1 aromatic carbocycles. The second-order valence-corrected chi connectivity index (χ2v) is 5.12. The molecule has 1 aliphatic rings. The standard InChI is InChI=1S/C16H24O5/c1-4-21-16(7-9-20-10-8-16)15(17)13-6-5-12(18-2)11-14(13)19-3/h5-6,11,15,17H,4,7-10H2,1-3H3. The van der Waals surface area contributed by atoms with E-state index in [2.05, 4.69) is 0 Å². The van der Waals surface area contributed by atoms with E-state index in [-0.39, 0.29) is 0 Å². The van der Waals surface area contributed by atoms with E-state index in [0.29, 0.717) is 49.7 Å². The van der Waals surface area contributed by atoms with Crippen LogP contribution < -0.4 is 9.47 Å². The molecule has 21 heavy (non-hydrogen) atoms. The largest absolute Gasteiger partial charge is 0.497 e. The maximum Gasteiger partial charge on any atom is 0.128 e. The Morgan fingerprint density at radius 1 is 1.24 bits per heavy atom. The van der Waals surface area contributed by atoms with Crippen LogP contribution in [0.15, 0.2) is 18.2 Å². The van der Waals surface area contributed by atoms with Crippen LogP contribution >= 0.6 is 0 Å².